The van der Waals surface area contributed by atoms with Crippen molar-refractivity contribution in [1.29, 1.82) is 0 Å². The van der Waals surface area contributed by atoms with E-state index in [0.29, 0.717) is 5.69 Å². The van der Waals surface area contributed by atoms with Crippen molar-refractivity contribution in [2.75, 3.05) is 5.32 Å². The molecule has 0 radical (unpaired) electrons. The van der Waals surface area contributed by atoms with Gasteiger partial charge in [-0.1, -0.05) is 0 Å². The third-order valence-electron chi connectivity index (χ3n) is 2.84. The average molecular weight is 286 g/mol. The minimum absolute atomic E-state index is 0.254. The first-order chi connectivity index (χ1) is 9.99. The van der Waals surface area contributed by atoms with Gasteiger partial charge in [0.15, 0.2) is 0 Å². The van der Waals surface area contributed by atoms with Crippen molar-refractivity contribution in [2.45, 2.75) is 0 Å². The summed E-state index contributed by atoms with van der Waals surface area (Å²) in [6.07, 6.45) is 7.12. The summed E-state index contributed by atoms with van der Waals surface area (Å²) in [5, 5.41) is 2.63. The molecular formula is C14H14N4O3. The molecule has 2 heterocycles. The fourth-order valence-electron chi connectivity index (χ4n) is 1.74. The fourth-order valence-corrected chi connectivity index (χ4v) is 1.74. The first-order valence-electron chi connectivity index (χ1n) is 6.15. The average Bonchev–Trinajstić information content (AvgIpc) is 2.48. The molecule has 0 unspecified atom stereocenters. The van der Waals surface area contributed by atoms with Crippen LogP contribution in [0.5, 0.6) is 0 Å². The maximum Gasteiger partial charge on any atom is 0.330 e. The van der Waals surface area contributed by atoms with Crippen LogP contribution in [0.2, 0.25) is 0 Å². The van der Waals surface area contributed by atoms with Crippen molar-refractivity contribution in [2.24, 2.45) is 14.1 Å². The number of anilines is 1. The third kappa shape index (κ3) is 3.33. The van der Waals surface area contributed by atoms with Crippen LogP contribution in [0.1, 0.15) is 5.56 Å². The summed E-state index contributed by atoms with van der Waals surface area (Å²) in [4.78, 5) is 39.0. The Morgan fingerprint density at radius 1 is 1.24 bits per heavy atom. The number of carbonyl (C=O) groups excluding carboxylic acids is 1. The van der Waals surface area contributed by atoms with Gasteiger partial charge >= 0.3 is 5.69 Å². The highest BCUT2D eigenvalue weighted by Gasteiger charge is 2.04. The van der Waals surface area contributed by atoms with E-state index in [1.54, 1.807) is 24.5 Å². The predicted molar refractivity (Wildman–Crippen MR) is 78.8 cm³/mol. The molecule has 0 aromatic carbocycles. The van der Waals surface area contributed by atoms with Gasteiger partial charge in [-0.05, 0) is 18.2 Å². The van der Waals surface area contributed by atoms with Gasteiger partial charge in [0.05, 0.1) is 5.56 Å². The molecule has 0 atom stereocenters. The second-order valence-corrected chi connectivity index (χ2v) is 4.40. The van der Waals surface area contributed by atoms with Gasteiger partial charge in [0.1, 0.15) is 0 Å². The molecule has 0 aliphatic rings. The number of rotatable bonds is 3. The highest BCUT2D eigenvalue weighted by molar-refractivity contribution is 6.01. The molecule has 0 saturated carbocycles. The number of hydrogen-bond acceptors (Lipinski definition) is 4. The van der Waals surface area contributed by atoms with Crippen LogP contribution in [0.25, 0.3) is 6.08 Å². The number of aromatic nitrogens is 3. The molecule has 0 fully saturated rings. The molecule has 2 rings (SSSR count). The van der Waals surface area contributed by atoms with E-state index in [9.17, 15) is 14.4 Å². The summed E-state index contributed by atoms with van der Waals surface area (Å²) in [6.45, 7) is 0. The Kier molecular flexibility index (Phi) is 4.13. The van der Waals surface area contributed by atoms with E-state index in [0.717, 1.165) is 4.57 Å². The second kappa shape index (κ2) is 6.00. The monoisotopic (exact) mass is 286 g/mol. The maximum absolute atomic E-state index is 11.9. The number of nitrogens with one attached hydrogen (secondary N) is 1. The van der Waals surface area contributed by atoms with Gasteiger partial charge in [0.25, 0.3) is 5.56 Å². The summed E-state index contributed by atoms with van der Waals surface area (Å²) in [5.41, 5.74) is -0.0121. The van der Waals surface area contributed by atoms with Crippen molar-refractivity contribution in [1.82, 2.24) is 14.1 Å². The molecule has 2 aromatic rings. The highest BCUT2D eigenvalue weighted by atomic mass is 16.2. The van der Waals surface area contributed by atoms with Gasteiger partial charge < -0.3 is 9.88 Å². The summed E-state index contributed by atoms with van der Waals surface area (Å²) >= 11 is 0. The number of amides is 1. The molecule has 0 aliphatic carbocycles. The second-order valence-electron chi connectivity index (χ2n) is 4.40. The lowest BCUT2D eigenvalue weighted by Crippen LogP contribution is -2.37. The Morgan fingerprint density at radius 2 is 1.90 bits per heavy atom. The SMILES string of the molecule is Cn1cc(/C=C/C(=O)Nc2ccncc2)c(=O)n(C)c1=O. The van der Waals surface area contributed by atoms with Crippen LogP contribution in [-0.2, 0) is 18.9 Å². The van der Waals surface area contributed by atoms with Gasteiger partial charge in [-0.25, -0.2) is 4.79 Å². The summed E-state index contributed by atoms with van der Waals surface area (Å²) in [6, 6.07) is 3.30. The van der Waals surface area contributed by atoms with E-state index in [-0.39, 0.29) is 11.5 Å². The molecule has 0 spiro atoms. The van der Waals surface area contributed by atoms with E-state index in [1.165, 1.54) is 37.0 Å². The smallest absolute Gasteiger partial charge is 0.322 e. The van der Waals surface area contributed by atoms with Crippen LogP contribution in [0.3, 0.4) is 0 Å². The molecule has 0 bridgehead atoms. The van der Waals surface area contributed by atoms with Crippen molar-refractivity contribution in [3.05, 3.63) is 63.2 Å². The summed E-state index contributed by atoms with van der Waals surface area (Å²) in [7, 11) is 2.93. The van der Waals surface area contributed by atoms with Crippen molar-refractivity contribution >= 4 is 17.7 Å². The molecule has 7 nitrogen and oxygen atoms in total. The van der Waals surface area contributed by atoms with Crippen molar-refractivity contribution < 1.29 is 4.79 Å². The molecule has 7 heteroatoms. The third-order valence-corrected chi connectivity index (χ3v) is 2.84. The van der Waals surface area contributed by atoms with E-state index >= 15 is 0 Å². The Bertz CT molecular complexity index is 803. The molecular weight excluding hydrogens is 272 g/mol. The van der Waals surface area contributed by atoms with E-state index < -0.39 is 11.2 Å². The lowest BCUT2D eigenvalue weighted by atomic mass is 10.3. The van der Waals surface area contributed by atoms with Crippen molar-refractivity contribution in [3.8, 4) is 0 Å². The lowest BCUT2D eigenvalue weighted by molar-refractivity contribution is -0.111. The minimum Gasteiger partial charge on any atom is -0.322 e. The van der Waals surface area contributed by atoms with Crippen molar-refractivity contribution in [3.63, 3.8) is 0 Å². The van der Waals surface area contributed by atoms with Crippen LogP contribution in [0.4, 0.5) is 5.69 Å². The normalized spacial score (nSPS) is 10.8. The number of hydrogen-bond donors (Lipinski definition) is 1. The zero-order chi connectivity index (χ0) is 15.4. The highest BCUT2D eigenvalue weighted by Crippen LogP contribution is 2.03. The predicted octanol–water partition coefficient (Wildman–Crippen LogP) is 0.131. The summed E-state index contributed by atoms with van der Waals surface area (Å²) in [5.74, 6) is -0.378. The number of carbonyl (C=O) groups is 1. The molecule has 1 amide bonds. The summed E-state index contributed by atoms with van der Waals surface area (Å²) < 4.78 is 2.27. The van der Waals surface area contributed by atoms with E-state index in [2.05, 4.69) is 10.3 Å². The quantitative estimate of drug-likeness (QED) is 0.813. The molecule has 0 aliphatic heterocycles. The Hall–Kier alpha value is -2.96. The minimum atomic E-state index is -0.453. The van der Waals surface area contributed by atoms with E-state index in [1.807, 2.05) is 0 Å². The fraction of sp³-hybridized carbons (Fsp3) is 0.143. The number of nitrogens with zero attached hydrogens (tertiary/aromatic N) is 3. The van der Waals surface area contributed by atoms with E-state index in [4.69, 9.17) is 0 Å². The number of aryl methyl sites for hydroxylation is 1. The lowest BCUT2D eigenvalue weighted by Gasteiger charge is -2.03. The van der Waals surface area contributed by atoms with Gasteiger partial charge in [0.2, 0.25) is 5.91 Å². The molecule has 2 aromatic heterocycles. The molecule has 1 N–H and O–H groups in total. The van der Waals surface area contributed by atoms with Gasteiger partial charge in [-0.3, -0.25) is 19.1 Å². The first kappa shape index (κ1) is 14.4. The van der Waals surface area contributed by atoms with Gasteiger partial charge in [-0.15, -0.1) is 0 Å². The van der Waals surface area contributed by atoms with Crippen LogP contribution < -0.4 is 16.6 Å². The Labute approximate surface area is 120 Å². The Morgan fingerprint density at radius 3 is 2.57 bits per heavy atom. The van der Waals surface area contributed by atoms with Gasteiger partial charge in [0, 0.05) is 44.4 Å². The van der Waals surface area contributed by atoms with Crippen LogP contribution in [0.15, 0.2) is 46.4 Å². The Balaban J connectivity index is 2.20. The van der Waals surface area contributed by atoms with Crippen LogP contribution in [-0.4, -0.2) is 20.0 Å². The zero-order valence-corrected chi connectivity index (χ0v) is 11.6. The zero-order valence-electron chi connectivity index (χ0n) is 11.6. The topological polar surface area (TPSA) is 86.0 Å². The number of pyridine rings is 1. The molecule has 21 heavy (non-hydrogen) atoms. The van der Waals surface area contributed by atoms with Crippen LogP contribution in [0, 0.1) is 0 Å². The largest absolute Gasteiger partial charge is 0.330 e. The molecule has 108 valence electrons. The maximum atomic E-state index is 11.9. The van der Waals surface area contributed by atoms with Gasteiger partial charge in [-0.2, -0.15) is 0 Å². The first-order valence-corrected chi connectivity index (χ1v) is 6.15. The standard InChI is InChI=1S/C14H14N4O3/c1-17-9-10(13(20)18(2)14(17)21)3-4-12(19)16-11-5-7-15-8-6-11/h3-9H,1-2H3,(H,15,16,19)/b4-3+. The van der Waals surface area contributed by atoms with Crippen LogP contribution >= 0.6 is 0 Å². The molecule has 0 saturated heterocycles.